The van der Waals surface area contributed by atoms with Crippen LogP contribution in [-0.2, 0) is 22.6 Å². The molecule has 2 aromatic heterocycles. The third-order valence-electron chi connectivity index (χ3n) is 7.27. The van der Waals surface area contributed by atoms with Gasteiger partial charge in [0, 0.05) is 56.6 Å². The molecule has 2 aromatic rings. The summed E-state index contributed by atoms with van der Waals surface area (Å²) in [6.07, 6.45) is 9.97. The molecule has 0 bridgehead atoms. The van der Waals surface area contributed by atoms with E-state index in [0.717, 1.165) is 50.2 Å². The molecular weight excluding hydrogens is 406 g/mol. The maximum absolute atomic E-state index is 13.1. The highest BCUT2D eigenvalue weighted by atomic mass is 16.2. The highest BCUT2D eigenvalue weighted by molar-refractivity contribution is 5.77. The number of piperidine rings is 1. The number of carbonyl (C=O) groups excluding carboxylic acids is 2. The number of hydrogen-bond donors (Lipinski definition) is 1. The monoisotopic (exact) mass is 437 g/mol. The van der Waals surface area contributed by atoms with Crippen molar-refractivity contribution in [2.45, 2.75) is 64.3 Å². The number of aromatic amines is 1. The normalized spacial score (nSPS) is 21.3. The highest BCUT2D eigenvalue weighted by Gasteiger charge is 2.28. The first-order valence-corrected chi connectivity index (χ1v) is 11.9. The Morgan fingerprint density at radius 2 is 1.94 bits per heavy atom. The predicted molar refractivity (Wildman–Crippen MR) is 120 cm³/mol. The number of fused-ring (bicyclic) bond motifs is 2. The van der Waals surface area contributed by atoms with Crippen molar-refractivity contribution in [3.8, 4) is 0 Å². The number of nitrogens with zero attached hydrogens (tertiary/aromatic N) is 4. The minimum Gasteiger partial charge on any atom is -0.343 e. The molecule has 5 rings (SSSR count). The molecule has 8 nitrogen and oxygen atoms in total. The van der Waals surface area contributed by atoms with E-state index in [1.165, 1.54) is 4.52 Å². The fraction of sp³-hybridized carbons (Fsp3) is 0.583. The molecule has 1 aliphatic carbocycles. The summed E-state index contributed by atoms with van der Waals surface area (Å²) in [4.78, 5) is 46.3. The van der Waals surface area contributed by atoms with Crippen LogP contribution in [0.4, 0.5) is 0 Å². The lowest BCUT2D eigenvalue weighted by molar-refractivity contribution is -0.133. The van der Waals surface area contributed by atoms with Gasteiger partial charge in [-0.2, -0.15) is 0 Å². The molecule has 1 saturated heterocycles. The van der Waals surface area contributed by atoms with E-state index in [0.29, 0.717) is 49.5 Å². The fourth-order valence-electron chi connectivity index (χ4n) is 5.30. The third-order valence-corrected chi connectivity index (χ3v) is 7.27. The summed E-state index contributed by atoms with van der Waals surface area (Å²) in [7, 11) is 0. The number of H-pyrrole nitrogens is 1. The lowest BCUT2D eigenvalue weighted by Crippen LogP contribution is -2.40. The van der Waals surface area contributed by atoms with E-state index < -0.39 is 0 Å². The molecule has 2 aliphatic heterocycles. The Bertz CT molecular complexity index is 1120. The van der Waals surface area contributed by atoms with Crippen molar-refractivity contribution in [2.24, 2.45) is 5.92 Å². The average Bonchev–Trinajstić information content (AvgIpc) is 3.48. The largest absolute Gasteiger partial charge is 0.343 e. The van der Waals surface area contributed by atoms with E-state index in [1.807, 2.05) is 17.9 Å². The molecule has 0 aromatic carbocycles. The Kier molecular flexibility index (Phi) is 5.61. The summed E-state index contributed by atoms with van der Waals surface area (Å²) >= 11 is 0. The van der Waals surface area contributed by atoms with Gasteiger partial charge in [0.05, 0.1) is 17.8 Å². The van der Waals surface area contributed by atoms with Crippen LogP contribution in [0.5, 0.6) is 0 Å². The number of hydrogen-bond acceptors (Lipinski definition) is 4. The number of allylic oxidation sites excluding steroid dienone is 2. The van der Waals surface area contributed by atoms with E-state index in [2.05, 4.69) is 17.3 Å². The van der Waals surface area contributed by atoms with E-state index in [9.17, 15) is 14.4 Å². The van der Waals surface area contributed by atoms with Crippen molar-refractivity contribution in [2.75, 3.05) is 19.6 Å². The molecule has 1 N–H and O–H groups in total. The van der Waals surface area contributed by atoms with Gasteiger partial charge in [-0.05, 0) is 31.6 Å². The van der Waals surface area contributed by atoms with Gasteiger partial charge in [-0.15, -0.1) is 0 Å². The quantitative estimate of drug-likeness (QED) is 0.744. The summed E-state index contributed by atoms with van der Waals surface area (Å²) < 4.78 is 1.53. The zero-order chi connectivity index (χ0) is 22.2. The second-order valence-corrected chi connectivity index (χ2v) is 9.29. The molecule has 1 unspecified atom stereocenters. The Labute approximate surface area is 187 Å². The van der Waals surface area contributed by atoms with Crippen LogP contribution in [0.2, 0.25) is 0 Å². The lowest BCUT2D eigenvalue weighted by atomic mass is 9.93. The first-order valence-electron chi connectivity index (χ1n) is 11.9. The minimum absolute atomic E-state index is 0.0672. The van der Waals surface area contributed by atoms with E-state index in [4.69, 9.17) is 4.98 Å². The zero-order valence-corrected chi connectivity index (χ0v) is 18.7. The molecule has 1 atom stereocenters. The van der Waals surface area contributed by atoms with Gasteiger partial charge in [0.25, 0.3) is 5.56 Å². The van der Waals surface area contributed by atoms with Crippen molar-refractivity contribution >= 4 is 17.5 Å². The molecule has 3 aliphatic rings. The van der Waals surface area contributed by atoms with Gasteiger partial charge < -0.3 is 9.80 Å². The van der Waals surface area contributed by atoms with Crippen molar-refractivity contribution < 1.29 is 9.59 Å². The van der Waals surface area contributed by atoms with Crippen molar-refractivity contribution in [1.82, 2.24) is 24.4 Å². The maximum Gasteiger partial charge on any atom is 0.277 e. The van der Waals surface area contributed by atoms with Crippen LogP contribution in [0, 0.1) is 5.92 Å². The van der Waals surface area contributed by atoms with Gasteiger partial charge in [-0.3, -0.25) is 19.5 Å². The number of rotatable bonds is 4. The Balaban J connectivity index is 1.29. The van der Waals surface area contributed by atoms with Crippen LogP contribution >= 0.6 is 0 Å². The van der Waals surface area contributed by atoms with E-state index in [-0.39, 0.29) is 23.3 Å². The molecular formula is C24H31N5O3. The van der Waals surface area contributed by atoms with Crippen LogP contribution < -0.4 is 5.56 Å². The smallest absolute Gasteiger partial charge is 0.277 e. The Morgan fingerprint density at radius 3 is 2.66 bits per heavy atom. The molecule has 0 spiro atoms. The summed E-state index contributed by atoms with van der Waals surface area (Å²) in [6, 6.07) is 1.98. The molecule has 8 heteroatoms. The van der Waals surface area contributed by atoms with Crippen LogP contribution in [-0.4, -0.2) is 55.8 Å². The maximum atomic E-state index is 13.1. The van der Waals surface area contributed by atoms with Gasteiger partial charge in [0.1, 0.15) is 0 Å². The van der Waals surface area contributed by atoms with E-state index in [1.54, 1.807) is 4.90 Å². The van der Waals surface area contributed by atoms with Gasteiger partial charge in [0.2, 0.25) is 11.8 Å². The molecule has 2 amide bonds. The third kappa shape index (κ3) is 3.87. The van der Waals surface area contributed by atoms with Gasteiger partial charge >= 0.3 is 0 Å². The summed E-state index contributed by atoms with van der Waals surface area (Å²) in [5, 5.41) is 3.27. The first-order chi connectivity index (χ1) is 15.5. The van der Waals surface area contributed by atoms with Crippen LogP contribution in [0.1, 0.15) is 68.3 Å². The van der Waals surface area contributed by atoms with Gasteiger partial charge in [-0.25, -0.2) is 9.50 Å². The molecule has 170 valence electrons. The van der Waals surface area contributed by atoms with Crippen LogP contribution in [0.15, 0.2) is 23.0 Å². The molecule has 32 heavy (non-hydrogen) atoms. The lowest BCUT2D eigenvalue weighted by Gasteiger charge is -2.32. The SMILES string of the molecule is CCC(=O)N1CCc2nc3cc(C4CCN(C(=O)CC5C=CCC5)CC4)[nH]n3c(=O)c2C1. The number of likely N-dealkylation sites (tertiary alicyclic amines) is 1. The number of amides is 2. The van der Waals surface area contributed by atoms with Crippen molar-refractivity contribution in [1.29, 1.82) is 0 Å². The number of carbonyl (C=O) groups is 2. The summed E-state index contributed by atoms with van der Waals surface area (Å²) in [5.74, 6) is 1.01. The second-order valence-electron chi connectivity index (χ2n) is 9.29. The molecule has 4 heterocycles. The highest BCUT2D eigenvalue weighted by Crippen LogP contribution is 2.29. The number of nitrogens with one attached hydrogen (secondary N) is 1. The van der Waals surface area contributed by atoms with E-state index >= 15 is 0 Å². The van der Waals surface area contributed by atoms with Gasteiger partial charge in [-0.1, -0.05) is 19.1 Å². The van der Waals surface area contributed by atoms with Crippen LogP contribution in [0.25, 0.3) is 5.65 Å². The Hall–Kier alpha value is -2.90. The van der Waals surface area contributed by atoms with Crippen molar-refractivity contribution in [3.05, 3.63) is 45.5 Å². The fourth-order valence-corrected chi connectivity index (χ4v) is 5.30. The zero-order valence-electron chi connectivity index (χ0n) is 18.7. The summed E-state index contributed by atoms with van der Waals surface area (Å²) in [5.41, 5.74) is 2.96. The molecule has 0 saturated carbocycles. The summed E-state index contributed by atoms with van der Waals surface area (Å²) in [6.45, 7) is 4.29. The van der Waals surface area contributed by atoms with Gasteiger partial charge in [0.15, 0.2) is 5.65 Å². The standard InChI is InChI=1S/C24H31N5O3/c1-2-22(30)28-12-9-19-18(15-28)24(32)29-21(25-19)14-20(26-29)17-7-10-27(11-8-17)23(31)13-16-5-3-4-6-16/h3,5,14,16-17,26H,2,4,6-13,15H2,1H3. The average molecular weight is 438 g/mol. The topological polar surface area (TPSA) is 90.8 Å². The molecule has 1 fully saturated rings. The predicted octanol–water partition coefficient (Wildman–Crippen LogP) is 2.38. The minimum atomic E-state index is -0.109. The number of aromatic nitrogens is 3. The first kappa shape index (κ1) is 21.0. The van der Waals surface area contributed by atoms with Crippen molar-refractivity contribution in [3.63, 3.8) is 0 Å². The second kappa shape index (κ2) is 8.56. The van der Waals surface area contributed by atoms with Crippen LogP contribution in [0.3, 0.4) is 0 Å². The Morgan fingerprint density at radius 1 is 1.12 bits per heavy atom. The molecule has 0 radical (unpaired) electrons.